The molecule has 4 heteroatoms. The average molecular weight is 236 g/mol. The third kappa shape index (κ3) is 2.31. The molecule has 0 aromatic heterocycles. The van der Waals surface area contributed by atoms with Gasteiger partial charge in [-0.15, -0.1) is 0 Å². The summed E-state index contributed by atoms with van der Waals surface area (Å²) in [5, 5.41) is 8.74. The molecule has 17 heavy (non-hydrogen) atoms. The Balaban J connectivity index is 2.25. The SMILES string of the molecule is COC1CCCC2C(=O)C(CC(=O)O)=CC=C12. The van der Waals surface area contributed by atoms with Crippen molar-refractivity contribution in [1.82, 2.24) is 0 Å². The Morgan fingerprint density at radius 3 is 2.88 bits per heavy atom. The van der Waals surface area contributed by atoms with E-state index in [9.17, 15) is 9.59 Å². The quantitative estimate of drug-likeness (QED) is 0.810. The van der Waals surface area contributed by atoms with Crippen molar-refractivity contribution in [3.63, 3.8) is 0 Å². The summed E-state index contributed by atoms with van der Waals surface area (Å²) in [4.78, 5) is 22.8. The zero-order valence-electron chi connectivity index (χ0n) is 9.81. The number of hydrogen-bond acceptors (Lipinski definition) is 3. The minimum Gasteiger partial charge on any atom is -0.481 e. The number of Topliss-reactive ketones (excluding diaryl/α,β-unsaturated/α-hetero) is 1. The second-order valence-corrected chi connectivity index (χ2v) is 4.50. The molecule has 0 heterocycles. The molecule has 2 aliphatic rings. The van der Waals surface area contributed by atoms with Crippen LogP contribution in [0.5, 0.6) is 0 Å². The molecule has 0 radical (unpaired) electrons. The average Bonchev–Trinajstić information content (AvgIpc) is 2.31. The zero-order valence-corrected chi connectivity index (χ0v) is 9.81. The van der Waals surface area contributed by atoms with E-state index in [-0.39, 0.29) is 24.2 Å². The van der Waals surface area contributed by atoms with Crippen LogP contribution in [-0.2, 0) is 14.3 Å². The third-order valence-corrected chi connectivity index (χ3v) is 3.47. The molecule has 1 fully saturated rings. The molecular weight excluding hydrogens is 220 g/mol. The van der Waals surface area contributed by atoms with E-state index in [0.717, 1.165) is 24.8 Å². The minimum absolute atomic E-state index is 0.0142. The molecule has 2 atom stereocenters. The highest BCUT2D eigenvalue weighted by atomic mass is 16.5. The standard InChI is InChI=1S/C13H16O4/c1-17-11-4-2-3-10-9(11)6-5-8(13(10)16)7-12(14)15/h5-6,10-11H,2-4,7H2,1H3,(H,14,15). The van der Waals surface area contributed by atoms with E-state index >= 15 is 0 Å². The summed E-state index contributed by atoms with van der Waals surface area (Å²) < 4.78 is 5.36. The van der Waals surface area contributed by atoms with Gasteiger partial charge in [0.25, 0.3) is 0 Å². The summed E-state index contributed by atoms with van der Waals surface area (Å²) in [6, 6.07) is 0. The van der Waals surface area contributed by atoms with Gasteiger partial charge in [0.2, 0.25) is 0 Å². The van der Waals surface area contributed by atoms with Gasteiger partial charge in [-0.3, -0.25) is 9.59 Å². The fraction of sp³-hybridized carbons (Fsp3) is 0.538. The van der Waals surface area contributed by atoms with Crippen molar-refractivity contribution in [2.75, 3.05) is 7.11 Å². The molecular formula is C13H16O4. The number of carbonyl (C=O) groups is 2. The van der Waals surface area contributed by atoms with Gasteiger partial charge in [-0.1, -0.05) is 12.2 Å². The predicted octanol–water partition coefficient (Wildman–Crippen LogP) is 1.71. The van der Waals surface area contributed by atoms with Crippen molar-refractivity contribution in [2.24, 2.45) is 5.92 Å². The van der Waals surface area contributed by atoms with Crippen LogP contribution in [0.1, 0.15) is 25.7 Å². The molecule has 0 aromatic rings. The highest BCUT2D eigenvalue weighted by Crippen LogP contribution is 2.36. The molecule has 92 valence electrons. The number of methoxy groups -OCH3 is 1. The van der Waals surface area contributed by atoms with Gasteiger partial charge >= 0.3 is 5.97 Å². The maximum absolute atomic E-state index is 12.1. The first kappa shape index (κ1) is 12.0. The molecule has 1 saturated carbocycles. The smallest absolute Gasteiger partial charge is 0.307 e. The number of rotatable bonds is 3. The van der Waals surface area contributed by atoms with Crippen molar-refractivity contribution in [3.8, 4) is 0 Å². The number of carboxylic acid groups (broad SMARTS) is 1. The molecule has 1 N–H and O–H groups in total. The molecule has 0 aliphatic heterocycles. The van der Waals surface area contributed by atoms with Crippen LogP contribution >= 0.6 is 0 Å². The number of hydrogen-bond donors (Lipinski definition) is 1. The minimum atomic E-state index is -0.958. The Bertz CT molecular complexity index is 406. The summed E-state index contributed by atoms with van der Waals surface area (Å²) in [7, 11) is 1.65. The lowest BCUT2D eigenvalue weighted by atomic mass is 9.74. The lowest BCUT2D eigenvalue weighted by Gasteiger charge is -2.33. The first-order chi connectivity index (χ1) is 8.13. The Kier molecular flexibility index (Phi) is 3.43. The lowest BCUT2D eigenvalue weighted by molar-refractivity contribution is -0.137. The van der Waals surface area contributed by atoms with Crippen molar-refractivity contribution >= 4 is 11.8 Å². The highest BCUT2D eigenvalue weighted by Gasteiger charge is 2.35. The molecule has 0 amide bonds. The second-order valence-electron chi connectivity index (χ2n) is 4.50. The monoisotopic (exact) mass is 236 g/mol. The largest absolute Gasteiger partial charge is 0.481 e. The van der Waals surface area contributed by atoms with Gasteiger partial charge in [0.15, 0.2) is 5.78 Å². The number of carbonyl (C=O) groups excluding carboxylic acids is 1. The maximum Gasteiger partial charge on any atom is 0.307 e. The first-order valence-electron chi connectivity index (χ1n) is 5.83. The number of ketones is 1. The van der Waals surface area contributed by atoms with Gasteiger partial charge < -0.3 is 9.84 Å². The van der Waals surface area contributed by atoms with Crippen molar-refractivity contribution < 1.29 is 19.4 Å². The first-order valence-corrected chi connectivity index (χ1v) is 5.83. The summed E-state index contributed by atoms with van der Waals surface area (Å²) >= 11 is 0. The normalized spacial score (nSPS) is 28.2. The predicted molar refractivity (Wildman–Crippen MR) is 61.6 cm³/mol. The summed E-state index contributed by atoms with van der Waals surface area (Å²) in [6.07, 6.45) is 6.04. The second kappa shape index (κ2) is 4.84. The van der Waals surface area contributed by atoms with E-state index in [1.165, 1.54) is 0 Å². The van der Waals surface area contributed by atoms with Gasteiger partial charge in [-0.05, 0) is 24.8 Å². The summed E-state index contributed by atoms with van der Waals surface area (Å²) in [5.74, 6) is -1.15. The number of carboxylic acids is 1. The van der Waals surface area contributed by atoms with Crippen LogP contribution in [0.3, 0.4) is 0 Å². The molecule has 2 rings (SSSR count). The molecule has 2 aliphatic carbocycles. The zero-order chi connectivity index (χ0) is 12.4. The number of aliphatic carboxylic acids is 1. The Labute approximate surface area is 100.0 Å². The number of allylic oxidation sites excluding steroid dienone is 2. The van der Waals surface area contributed by atoms with Crippen molar-refractivity contribution in [1.29, 1.82) is 0 Å². The van der Waals surface area contributed by atoms with Gasteiger partial charge in [-0.25, -0.2) is 0 Å². The van der Waals surface area contributed by atoms with Crippen molar-refractivity contribution in [3.05, 3.63) is 23.3 Å². The van der Waals surface area contributed by atoms with Crippen LogP contribution in [0.2, 0.25) is 0 Å². The van der Waals surface area contributed by atoms with E-state index in [1.807, 2.05) is 6.08 Å². The van der Waals surface area contributed by atoms with E-state index < -0.39 is 5.97 Å². The highest BCUT2D eigenvalue weighted by molar-refractivity contribution is 6.03. The topological polar surface area (TPSA) is 63.6 Å². The van der Waals surface area contributed by atoms with Gasteiger partial charge in [0.05, 0.1) is 12.5 Å². The lowest BCUT2D eigenvalue weighted by Crippen LogP contribution is -2.33. The van der Waals surface area contributed by atoms with Crippen LogP contribution in [0.15, 0.2) is 23.3 Å². The number of ether oxygens (including phenoxy) is 1. The maximum atomic E-state index is 12.1. The molecule has 0 bridgehead atoms. The van der Waals surface area contributed by atoms with E-state index in [1.54, 1.807) is 13.2 Å². The van der Waals surface area contributed by atoms with Gasteiger partial charge in [-0.2, -0.15) is 0 Å². The molecule has 2 unspecified atom stereocenters. The van der Waals surface area contributed by atoms with Gasteiger partial charge in [0, 0.05) is 18.6 Å². The van der Waals surface area contributed by atoms with Gasteiger partial charge in [0.1, 0.15) is 0 Å². The van der Waals surface area contributed by atoms with Crippen LogP contribution in [0.4, 0.5) is 0 Å². The Morgan fingerprint density at radius 2 is 2.24 bits per heavy atom. The molecule has 0 saturated heterocycles. The van der Waals surface area contributed by atoms with Crippen molar-refractivity contribution in [2.45, 2.75) is 31.8 Å². The number of fused-ring (bicyclic) bond motifs is 1. The Hall–Kier alpha value is -1.42. The summed E-state index contributed by atoms with van der Waals surface area (Å²) in [5.41, 5.74) is 1.42. The molecule has 0 spiro atoms. The van der Waals surface area contributed by atoms with Crippen LogP contribution < -0.4 is 0 Å². The molecule has 0 aromatic carbocycles. The fourth-order valence-corrected chi connectivity index (χ4v) is 2.64. The van der Waals surface area contributed by atoms with E-state index in [0.29, 0.717) is 5.57 Å². The summed E-state index contributed by atoms with van der Waals surface area (Å²) in [6.45, 7) is 0. The third-order valence-electron chi connectivity index (χ3n) is 3.47. The van der Waals surface area contributed by atoms with Crippen LogP contribution in [-0.4, -0.2) is 30.1 Å². The molecule has 4 nitrogen and oxygen atoms in total. The fourth-order valence-electron chi connectivity index (χ4n) is 2.64. The Morgan fingerprint density at radius 1 is 1.47 bits per heavy atom. The van der Waals surface area contributed by atoms with Crippen LogP contribution in [0.25, 0.3) is 0 Å². The van der Waals surface area contributed by atoms with E-state index in [2.05, 4.69) is 0 Å². The van der Waals surface area contributed by atoms with Crippen LogP contribution in [0, 0.1) is 5.92 Å². The van der Waals surface area contributed by atoms with E-state index in [4.69, 9.17) is 9.84 Å².